The molecule has 0 bridgehead atoms. The van der Waals surface area contributed by atoms with E-state index in [9.17, 15) is 33.1 Å². The number of benzene rings is 2. The van der Waals surface area contributed by atoms with Crippen molar-refractivity contribution in [2.24, 2.45) is 7.05 Å². The van der Waals surface area contributed by atoms with Crippen LogP contribution in [-0.2, 0) is 41.0 Å². The molecule has 3 atom stereocenters. The average molecular weight is 617 g/mol. The number of alkyl halides is 2. The van der Waals surface area contributed by atoms with E-state index in [0.29, 0.717) is 23.4 Å². The molecule has 1 amide bonds. The van der Waals surface area contributed by atoms with Crippen LogP contribution >= 0.6 is 0 Å². The summed E-state index contributed by atoms with van der Waals surface area (Å²) < 4.78 is 54.7. The number of ether oxygens (including phenoxy) is 2. The fraction of sp³-hybridized carbons (Fsp3) is 0.400. The van der Waals surface area contributed by atoms with E-state index in [1.165, 1.54) is 41.8 Å². The zero-order chi connectivity index (χ0) is 31.7. The number of hydrogen-bond acceptors (Lipinski definition) is 7. The van der Waals surface area contributed by atoms with Crippen LogP contribution in [0.1, 0.15) is 50.8 Å². The molecule has 0 aliphatic carbocycles. The van der Waals surface area contributed by atoms with Crippen LogP contribution < -0.4 is 21.9 Å². The zero-order valence-corrected chi connectivity index (χ0v) is 23.9. The van der Waals surface area contributed by atoms with Crippen molar-refractivity contribution in [3.8, 4) is 5.69 Å². The van der Waals surface area contributed by atoms with Crippen molar-refractivity contribution in [2.75, 3.05) is 13.2 Å². The van der Waals surface area contributed by atoms with Gasteiger partial charge in [0.05, 0.1) is 48.4 Å². The minimum Gasteiger partial charge on any atom is -0.480 e. The van der Waals surface area contributed by atoms with Gasteiger partial charge in [0.25, 0.3) is 11.5 Å². The number of hydrogen-bond donors (Lipinski definition) is 3. The van der Waals surface area contributed by atoms with Crippen molar-refractivity contribution in [2.45, 2.75) is 57.6 Å². The molecule has 0 saturated carbocycles. The molecule has 44 heavy (non-hydrogen) atoms. The van der Waals surface area contributed by atoms with E-state index in [4.69, 9.17) is 9.47 Å². The molecule has 1 fully saturated rings. The molecular weight excluding hydrogens is 585 g/mol. The molecule has 1 aromatic heterocycles. The first-order valence-electron chi connectivity index (χ1n) is 13.9. The highest BCUT2D eigenvalue weighted by atomic mass is 19.3. The fourth-order valence-electron chi connectivity index (χ4n) is 5.67. The van der Waals surface area contributed by atoms with E-state index in [1.54, 1.807) is 7.05 Å². The van der Waals surface area contributed by atoms with E-state index in [1.807, 2.05) is 0 Å². The Hall–Kier alpha value is -4.27. The van der Waals surface area contributed by atoms with Gasteiger partial charge >= 0.3 is 11.7 Å². The van der Waals surface area contributed by atoms with E-state index < -0.39 is 60.0 Å². The monoisotopic (exact) mass is 616 g/mol. The summed E-state index contributed by atoms with van der Waals surface area (Å²) in [5.41, 5.74) is 0.689. The third-order valence-corrected chi connectivity index (χ3v) is 7.88. The van der Waals surface area contributed by atoms with Gasteiger partial charge in [0.15, 0.2) is 0 Å². The van der Waals surface area contributed by atoms with Gasteiger partial charge in [-0.3, -0.25) is 14.2 Å². The predicted octanol–water partition coefficient (Wildman–Crippen LogP) is 2.12. The van der Waals surface area contributed by atoms with Crippen LogP contribution in [0.5, 0.6) is 0 Å². The first kappa shape index (κ1) is 31.2. The lowest BCUT2D eigenvalue weighted by molar-refractivity contribution is -0.139. The maximum Gasteiger partial charge on any atom is 0.335 e. The van der Waals surface area contributed by atoms with Crippen molar-refractivity contribution < 1.29 is 37.3 Å². The highest BCUT2D eigenvalue weighted by Crippen LogP contribution is 2.30. The van der Waals surface area contributed by atoms with Crippen LogP contribution in [0.15, 0.2) is 46.0 Å². The summed E-state index contributed by atoms with van der Waals surface area (Å²) in [6, 6.07) is 6.37. The molecule has 3 N–H and O–H groups in total. The van der Waals surface area contributed by atoms with Crippen molar-refractivity contribution in [1.29, 1.82) is 0 Å². The number of fused-ring (bicyclic) bond motifs is 1. The fourth-order valence-corrected chi connectivity index (χ4v) is 5.67. The Labute approximate surface area is 249 Å². The standard InChI is InChI=1S/C30H31F3N4O7/c1-15-9-17(26-21(12-24(32)33)34-7-8-44-26)11-20(31)25(15)27(38)35-22(29(40)41)10-16-3-5-18(6-4-16)37-28(39)19-13-43-14-23(19)36(2)30(37)42/h3-6,9,11,21-22,24,26,34H,7-8,10,12-14H2,1-2H3,(H,35,38)(H,40,41)/t21?,22?,26-/m0/s1. The number of carboxylic acids is 1. The zero-order valence-electron chi connectivity index (χ0n) is 23.9. The molecule has 1 saturated heterocycles. The molecule has 2 unspecified atom stereocenters. The van der Waals surface area contributed by atoms with Crippen LogP contribution in [-0.4, -0.2) is 57.8 Å². The molecule has 0 spiro atoms. The molecule has 3 heterocycles. The Kier molecular flexibility index (Phi) is 9.04. The summed E-state index contributed by atoms with van der Waals surface area (Å²) in [5.74, 6) is -3.27. The maximum absolute atomic E-state index is 15.3. The minimum atomic E-state index is -2.60. The SMILES string of the molecule is Cc1cc([C@@H]2OCCNC2CC(F)F)cc(F)c1C(=O)NC(Cc1ccc(-n2c(=O)c3c(n(C)c2=O)COC3)cc1)C(=O)O. The number of aromatic nitrogens is 2. The molecule has 3 aromatic rings. The molecule has 234 valence electrons. The van der Waals surface area contributed by atoms with Gasteiger partial charge in [-0.2, -0.15) is 0 Å². The van der Waals surface area contributed by atoms with Crippen molar-refractivity contribution >= 4 is 11.9 Å². The second kappa shape index (κ2) is 12.8. The molecule has 14 heteroatoms. The summed E-state index contributed by atoms with van der Waals surface area (Å²) in [7, 11) is 1.55. The van der Waals surface area contributed by atoms with Gasteiger partial charge in [-0.05, 0) is 41.8 Å². The van der Waals surface area contributed by atoms with Gasteiger partial charge in [-0.15, -0.1) is 0 Å². The number of aliphatic carboxylic acids is 1. The topological polar surface area (TPSA) is 141 Å². The number of aryl methyl sites for hydroxylation is 1. The van der Waals surface area contributed by atoms with Gasteiger partial charge < -0.3 is 25.2 Å². The van der Waals surface area contributed by atoms with Crippen LogP contribution in [0.25, 0.3) is 5.69 Å². The van der Waals surface area contributed by atoms with Crippen LogP contribution in [0, 0.1) is 12.7 Å². The molecular formula is C30H31F3N4O7. The third kappa shape index (κ3) is 6.18. The number of morpholine rings is 1. The summed E-state index contributed by atoms with van der Waals surface area (Å²) in [6.07, 6.45) is -4.12. The van der Waals surface area contributed by atoms with Crippen molar-refractivity contribution in [1.82, 2.24) is 19.8 Å². The maximum atomic E-state index is 15.3. The highest BCUT2D eigenvalue weighted by Gasteiger charge is 2.32. The van der Waals surface area contributed by atoms with E-state index in [0.717, 1.165) is 10.6 Å². The largest absolute Gasteiger partial charge is 0.480 e. The molecule has 0 radical (unpaired) electrons. The number of halogens is 3. The van der Waals surface area contributed by atoms with Gasteiger partial charge in [0.1, 0.15) is 11.9 Å². The summed E-state index contributed by atoms with van der Waals surface area (Å²) in [6.45, 7) is 2.33. The van der Waals surface area contributed by atoms with Crippen LogP contribution in [0.3, 0.4) is 0 Å². The normalized spacial score (nSPS) is 18.7. The summed E-state index contributed by atoms with van der Waals surface area (Å²) in [4.78, 5) is 50.9. The Bertz CT molecular complexity index is 1680. The van der Waals surface area contributed by atoms with E-state index in [2.05, 4.69) is 10.6 Å². The Morgan fingerprint density at radius 3 is 2.55 bits per heavy atom. The summed E-state index contributed by atoms with van der Waals surface area (Å²) >= 11 is 0. The van der Waals surface area contributed by atoms with Gasteiger partial charge in [-0.25, -0.2) is 27.3 Å². The average Bonchev–Trinajstić information content (AvgIpc) is 3.47. The second-order valence-corrected chi connectivity index (χ2v) is 10.8. The quantitative estimate of drug-likeness (QED) is 0.332. The lowest BCUT2D eigenvalue weighted by Gasteiger charge is -2.33. The van der Waals surface area contributed by atoms with Crippen LogP contribution in [0.2, 0.25) is 0 Å². The van der Waals surface area contributed by atoms with Gasteiger partial charge in [0.2, 0.25) is 6.43 Å². The Morgan fingerprint density at radius 1 is 1.16 bits per heavy atom. The smallest absolute Gasteiger partial charge is 0.335 e. The minimum absolute atomic E-state index is 0.0912. The molecule has 2 aliphatic rings. The highest BCUT2D eigenvalue weighted by molar-refractivity contribution is 5.98. The molecule has 5 rings (SSSR count). The lowest BCUT2D eigenvalue weighted by Crippen LogP contribution is -2.44. The number of carboxylic acid groups (broad SMARTS) is 1. The Morgan fingerprint density at radius 2 is 1.89 bits per heavy atom. The van der Waals surface area contributed by atoms with E-state index >= 15 is 4.39 Å². The number of amides is 1. The molecule has 11 nitrogen and oxygen atoms in total. The van der Waals surface area contributed by atoms with E-state index in [-0.39, 0.29) is 48.6 Å². The first-order valence-corrected chi connectivity index (χ1v) is 13.9. The summed E-state index contributed by atoms with van der Waals surface area (Å²) in [5, 5.41) is 15.1. The predicted molar refractivity (Wildman–Crippen MR) is 151 cm³/mol. The number of carbonyl (C=O) groups excluding carboxylic acids is 1. The number of rotatable bonds is 9. The van der Waals surface area contributed by atoms with Crippen molar-refractivity contribution in [3.63, 3.8) is 0 Å². The number of carbonyl (C=O) groups is 2. The van der Waals surface area contributed by atoms with Gasteiger partial charge in [-0.1, -0.05) is 18.2 Å². The number of nitrogens with one attached hydrogen (secondary N) is 2. The van der Waals surface area contributed by atoms with Crippen LogP contribution in [0.4, 0.5) is 13.2 Å². The second-order valence-electron chi connectivity index (χ2n) is 10.8. The van der Waals surface area contributed by atoms with Crippen molar-refractivity contribution in [3.05, 3.63) is 96.6 Å². The molecule has 2 aromatic carbocycles. The third-order valence-electron chi connectivity index (χ3n) is 7.88. The number of nitrogens with zero attached hydrogens (tertiary/aromatic N) is 2. The first-order chi connectivity index (χ1) is 21.0. The van der Waals surface area contributed by atoms with Gasteiger partial charge in [0, 0.05) is 32.5 Å². The molecule has 2 aliphatic heterocycles. The lowest BCUT2D eigenvalue weighted by atomic mass is 9.94. The Balaban J connectivity index is 1.33.